The van der Waals surface area contributed by atoms with Gasteiger partial charge in [-0.2, -0.15) is 0 Å². The predicted octanol–water partition coefficient (Wildman–Crippen LogP) is 3.28. The average molecular weight is 312 g/mol. The monoisotopic (exact) mass is 311 g/mol. The molecular weight excluding hydrogens is 290 g/mol. The third-order valence-corrected chi connectivity index (χ3v) is 3.84. The Kier molecular flexibility index (Phi) is 4.79. The van der Waals surface area contributed by atoms with Crippen molar-refractivity contribution in [1.29, 1.82) is 0 Å². The first-order chi connectivity index (χ1) is 9.80. The Bertz CT molecular complexity index is 512. The summed E-state index contributed by atoms with van der Waals surface area (Å²) < 4.78 is 5.40. The maximum atomic E-state index is 12.2. The molecule has 1 heterocycles. The van der Waals surface area contributed by atoms with Crippen molar-refractivity contribution in [3.63, 3.8) is 0 Å². The summed E-state index contributed by atoms with van der Waals surface area (Å²) >= 11 is 6.03. The molecule has 0 radical (unpaired) electrons. The number of rotatable bonds is 2. The van der Waals surface area contributed by atoms with Gasteiger partial charge in [-0.15, -0.1) is 0 Å². The molecule has 0 saturated carbocycles. The number of carbonyl (C=O) groups is 1. The van der Waals surface area contributed by atoms with Crippen LogP contribution in [0.3, 0.4) is 0 Å². The van der Waals surface area contributed by atoms with Gasteiger partial charge < -0.3 is 14.7 Å². The van der Waals surface area contributed by atoms with Crippen LogP contribution in [0.4, 0.5) is 4.79 Å². The number of nitrogens with zero attached hydrogens (tertiary/aromatic N) is 1. The number of ether oxygens (including phenoxy) is 1. The summed E-state index contributed by atoms with van der Waals surface area (Å²) in [6.07, 6.45) is -0.328. The molecule has 0 bridgehead atoms. The minimum atomic E-state index is -0.514. The molecule has 2 rings (SSSR count). The van der Waals surface area contributed by atoms with E-state index in [-0.39, 0.29) is 24.5 Å². The Morgan fingerprint density at radius 3 is 2.71 bits per heavy atom. The van der Waals surface area contributed by atoms with E-state index >= 15 is 0 Å². The van der Waals surface area contributed by atoms with Crippen molar-refractivity contribution >= 4 is 17.7 Å². The fourth-order valence-electron chi connectivity index (χ4n) is 2.65. The van der Waals surface area contributed by atoms with Crippen LogP contribution in [-0.2, 0) is 4.74 Å². The number of hydrogen-bond donors (Lipinski definition) is 1. The lowest BCUT2D eigenvalue weighted by molar-refractivity contribution is 0.0283. The van der Waals surface area contributed by atoms with Gasteiger partial charge in [0.05, 0.1) is 0 Å². The van der Waals surface area contributed by atoms with Gasteiger partial charge in [-0.25, -0.2) is 4.79 Å². The molecule has 1 N–H and O–H groups in total. The van der Waals surface area contributed by atoms with Crippen molar-refractivity contribution in [3.8, 4) is 0 Å². The molecule has 0 aromatic heterocycles. The van der Waals surface area contributed by atoms with Crippen molar-refractivity contribution < 1.29 is 14.6 Å². The molecule has 0 unspecified atom stereocenters. The fraction of sp³-hybridized carbons (Fsp3) is 0.562. The normalized spacial score (nSPS) is 22.4. The maximum absolute atomic E-state index is 12.2. The average Bonchev–Trinajstić information content (AvgIpc) is 2.81. The van der Waals surface area contributed by atoms with Gasteiger partial charge in [0.25, 0.3) is 0 Å². The third kappa shape index (κ3) is 4.11. The second kappa shape index (κ2) is 6.24. The molecule has 1 aliphatic heterocycles. The lowest BCUT2D eigenvalue weighted by Gasteiger charge is -2.24. The van der Waals surface area contributed by atoms with Crippen LogP contribution in [0.1, 0.15) is 32.3 Å². The van der Waals surface area contributed by atoms with Crippen LogP contribution in [0.2, 0.25) is 5.02 Å². The topological polar surface area (TPSA) is 49.8 Å². The summed E-state index contributed by atoms with van der Waals surface area (Å²) in [5.41, 5.74) is 0.535. The summed E-state index contributed by atoms with van der Waals surface area (Å²) in [6.45, 7) is 6.62. The number of amides is 1. The summed E-state index contributed by atoms with van der Waals surface area (Å²) in [5.74, 6) is 0.0946. The quantitative estimate of drug-likeness (QED) is 0.912. The fourth-order valence-corrected chi connectivity index (χ4v) is 2.85. The summed E-state index contributed by atoms with van der Waals surface area (Å²) in [7, 11) is 0. The second-order valence-electron chi connectivity index (χ2n) is 6.49. The minimum absolute atomic E-state index is 0.0102. The molecule has 1 saturated heterocycles. The highest BCUT2D eigenvalue weighted by Gasteiger charge is 2.37. The SMILES string of the molecule is CC(C)(C)OC(=O)N1C[C@H](CO)[C@H](c2cccc(Cl)c2)C1. The minimum Gasteiger partial charge on any atom is -0.444 e. The Morgan fingerprint density at radius 1 is 1.43 bits per heavy atom. The van der Waals surface area contributed by atoms with E-state index in [1.807, 2.05) is 45.0 Å². The van der Waals surface area contributed by atoms with Crippen LogP contribution < -0.4 is 0 Å². The molecule has 1 aliphatic rings. The highest BCUT2D eigenvalue weighted by Crippen LogP contribution is 2.34. The molecule has 0 spiro atoms. The molecule has 1 amide bonds. The van der Waals surface area contributed by atoms with Crippen LogP contribution >= 0.6 is 11.6 Å². The summed E-state index contributed by atoms with van der Waals surface area (Å²) in [5, 5.41) is 10.3. The van der Waals surface area contributed by atoms with Crippen molar-refractivity contribution in [3.05, 3.63) is 34.9 Å². The number of aliphatic hydroxyl groups is 1. The lowest BCUT2D eigenvalue weighted by atomic mass is 9.90. The predicted molar refractivity (Wildman–Crippen MR) is 82.6 cm³/mol. The zero-order chi connectivity index (χ0) is 15.6. The van der Waals surface area contributed by atoms with E-state index in [0.717, 1.165) is 5.56 Å². The van der Waals surface area contributed by atoms with Crippen LogP contribution in [0.15, 0.2) is 24.3 Å². The molecule has 116 valence electrons. The van der Waals surface area contributed by atoms with Crippen molar-refractivity contribution in [1.82, 2.24) is 4.90 Å². The highest BCUT2D eigenvalue weighted by atomic mass is 35.5. The first-order valence-corrected chi connectivity index (χ1v) is 7.52. The van der Waals surface area contributed by atoms with Crippen molar-refractivity contribution in [2.45, 2.75) is 32.3 Å². The number of likely N-dealkylation sites (tertiary alicyclic amines) is 1. The molecule has 1 aromatic carbocycles. The van der Waals surface area contributed by atoms with Gasteiger partial charge in [0.15, 0.2) is 0 Å². The second-order valence-corrected chi connectivity index (χ2v) is 6.93. The molecule has 1 fully saturated rings. The standard InChI is InChI=1S/C16H22ClNO3/c1-16(2,3)21-15(20)18-8-12(10-19)14(9-18)11-5-4-6-13(17)7-11/h4-7,12,14,19H,8-10H2,1-3H3/t12-,14+/m1/s1. The molecule has 1 aromatic rings. The molecule has 0 aliphatic carbocycles. The zero-order valence-corrected chi connectivity index (χ0v) is 13.4. The number of halogens is 1. The smallest absolute Gasteiger partial charge is 0.410 e. The molecule has 2 atom stereocenters. The van der Waals surface area contributed by atoms with Gasteiger partial charge >= 0.3 is 6.09 Å². The van der Waals surface area contributed by atoms with Crippen LogP contribution in [0.25, 0.3) is 0 Å². The number of carbonyl (C=O) groups excluding carboxylic acids is 1. The van der Waals surface area contributed by atoms with Gasteiger partial charge in [-0.1, -0.05) is 23.7 Å². The Morgan fingerprint density at radius 2 is 2.14 bits per heavy atom. The maximum Gasteiger partial charge on any atom is 0.410 e. The zero-order valence-electron chi connectivity index (χ0n) is 12.7. The first kappa shape index (κ1) is 16.1. The van der Waals surface area contributed by atoms with E-state index in [2.05, 4.69) is 0 Å². The Hall–Kier alpha value is -1.26. The molecule has 21 heavy (non-hydrogen) atoms. The number of benzene rings is 1. The molecular formula is C16H22ClNO3. The van der Waals surface area contributed by atoms with E-state index in [4.69, 9.17) is 16.3 Å². The van der Waals surface area contributed by atoms with Gasteiger partial charge in [-0.3, -0.25) is 0 Å². The van der Waals surface area contributed by atoms with E-state index in [1.165, 1.54) is 0 Å². The summed E-state index contributed by atoms with van der Waals surface area (Å²) in [4.78, 5) is 13.8. The van der Waals surface area contributed by atoms with Gasteiger partial charge in [0, 0.05) is 36.6 Å². The summed E-state index contributed by atoms with van der Waals surface area (Å²) in [6, 6.07) is 7.59. The first-order valence-electron chi connectivity index (χ1n) is 7.14. The van der Waals surface area contributed by atoms with E-state index < -0.39 is 5.60 Å². The lowest BCUT2D eigenvalue weighted by Crippen LogP contribution is -2.35. The van der Waals surface area contributed by atoms with Crippen LogP contribution in [0, 0.1) is 5.92 Å². The highest BCUT2D eigenvalue weighted by molar-refractivity contribution is 6.30. The van der Waals surface area contributed by atoms with Crippen molar-refractivity contribution in [2.75, 3.05) is 19.7 Å². The van der Waals surface area contributed by atoms with E-state index in [1.54, 1.807) is 4.90 Å². The van der Waals surface area contributed by atoms with Crippen LogP contribution in [0.5, 0.6) is 0 Å². The number of hydrogen-bond acceptors (Lipinski definition) is 3. The van der Waals surface area contributed by atoms with E-state index in [9.17, 15) is 9.90 Å². The Labute approximate surface area is 130 Å². The van der Waals surface area contributed by atoms with Crippen molar-refractivity contribution in [2.24, 2.45) is 5.92 Å². The largest absolute Gasteiger partial charge is 0.444 e. The third-order valence-electron chi connectivity index (χ3n) is 3.60. The number of aliphatic hydroxyl groups excluding tert-OH is 1. The van der Waals surface area contributed by atoms with Gasteiger partial charge in [-0.05, 0) is 38.5 Å². The van der Waals surface area contributed by atoms with Gasteiger partial charge in [0.1, 0.15) is 5.60 Å². The van der Waals surface area contributed by atoms with E-state index in [0.29, 0.717) is 18.1 Å². The molecule has 4 nitrogen and oxygen atoms in total. The van der Waals surface area contributed by atoms with Crippen LogP contribution in [-0.4, -0.2) is 41.4 Å². The Balaban J connectivity index is 2.12. The van der Waals surface area contributed by atoms with Gasteiger partial charge in [0.2, 0.25) is 0 Å². The molecule has 5 heteroatoms.